The molecule has 1 saturated carbocycles. The minimum Gasteiger partial charge on any atom is -0.396 e. The molecule has 0 bridgehead atoms. The summed E-state index contributed by atoms with van der Waals surface area (Å²) in [6, 6.07) is 3.17. The predicted octanol–water partition coefficient (Wildman–Crippen LogP) is 0.585. The number of primary amides is 1. The third-order valence-corrected chi connectivity index (χ3v) is 2.43. The fourth-order valence-corrected chi connectivity index (χ4v) is 1.31. The molecule has 1 aliphatic rings. The second-order valence-corrected chi connectivity index (χ2v) is 3.82. The van der Waals surface area contributed by atoms with Gasteiger partial charge in [0, 0.05) is 6.54 Å². The second-order valence-electron chi connectivity index (χ2n) is 3.82. The van der Waals surface area contributed by atoms with Crippen LogP contribution < -0.4 is 16.8 Å². The van der Waals surface area contributed by atoms with Crippen molar-refractivity contribution in [1.82, 2.24) is 4.98 Å². The van der Waals surface area contributed by atoms with E-state index in [0.717, 1.165) is 12.5 Å². The Morgan fingerprint density at radius 3 is 2.87 bits per heavy atom. The van der Waals surface area contributed by atoms with E-state index in [1.807, 2.05) is 0 Å². The summed E-state index contributed by atoms with van der Waals surface area (Å²) in [5.41, 5.74) is 11.6. The number of nitrogens with one attached hydrogen (secondary N) is 1. The minimum atomic E-state index is -0.538. The first-order chi connectivity index (χ1) is 7.16. The molecule has 0 aliphatic heterocycles. The maximum Gasteiger partial charge on any atom is 0.267 e. The zero-order chi connectivity index (χ0) is 10.8. The summed E-state index contributed by atoms with van der Waals surface area (Å²) in [6.07, 6.45) is 2.50. The summed E-state index contributed by atoms with van der Waals surface area (Å²) in [5, 5.41) is 3.13. The van der Waals surface area contributed by atoms with E-state index in [9.17, 15) is 4.79 Å². The molecule has 1 aromatic rings. The second kappa shape index (κ2) is 3.76. The topological polar surface area (TPSA) is 94.0 Å². The molecular formula is C10H14N4O. The van der Waals surface area contributed by atoms with E-state index in [4.69, 9.17) is 11.5 Å². The molecular weight excluding hydrogens is 192 g/mol. The van der Waals surface area contributed by atoms with Gasteiger partial charge < -0.3 is 16.8 Å². The van der Waals surface area contributed by atoms with Gasteiger partial charge in [0.15, 0.2) is 0 Å². The molecule has 15 heavy (non-hydrogen) atoms. The number of pyridine rings is 1. The molecule has 5 nitrogen and oxygen atoms in total. The van der Waals surface area contributed by atoms with Crippen molar-refractivity contribution in [1.29, 1.82) is 0 Å². The molecule has 0 radical (unpaired) electrons. The van der Waals surface area contributed by atoms with Gasteiger partial charge in [0.05, 0.1) is 5.69 Å². The van der Waals surface area contributed by atoms with Crippen LogP contribution in [0.2, 0.25) is 0 Å². The van der Waals surface area contributed by atoms with Gasteiger partial charge >= 0.3 is 0 Å². The minimum absolute atomic E-state index is 0.238. The van der Waals surface area contributed by atoms with Crippen LogP contribution in [-0.2, 0) is 0 Å². The van der Waals surface area contributed by atoms with Crippen LogP contribution in [0.3, 0.4) is 0 Å². The van der Waals surface area contributed by atoms with E-state index in [1.54, 1.807) is 6.07 Å². The predicted molar refractivity (Wildman–Crippen MR) is 58.4 cm³/mol. The highest BCUT2D eigenvalue weighted by molar-refractivity contribution is 5.91. The Morgan fingerprint density at radius 2 is 2.27 bits per heavy atom. The number of nitrogens with zero attached hydrogens (tertiary/aromatic N) is 1. The Bertz CT molecular complexity index is 387. The molecule has 0 saturated heterocycles. The van der Waals surface area contributed by atoms with Crippen molar-refractivity contribution in [3.63, 3.8) is 0 Å². The fourth-order valence-electron chi connectivity index (χ4n) is 1.31. The summed E-state index contributed by atoms with van der Waals surface area (Å²) in [4.78, 5) is 15.0. The number of nitrogens with two attached hydrogens (primary N) is 2. The maximum atomic E-state index is 10.9. The molecule has 80 valence electrons. The Hall–Kier alpha value is -1.78. The molecule has 0 spiro atoms. The lowest BCUT2D eigenvalue weighted by Crippen LogP contribution is -2.15. The highest BCUT2D eigenvalue weighted by Crippen LogP contribution is 2.29. The lowest BCUT2D eigenvalue weighted by molar-refractivity contribution is 0.0996. The molecule has 1 aromatic heterocycles. The average molecular weight is 206 g/mol. The quantitative estimate of drug-likeness (QED) is 0.671. The van der Waals surface area contributed by atoms with Gasteiger partial charge in [-0.1, -0.05) is 0 Å². The van der Waals surface area contributed by atoms with Gasteiger partial charge in [-0.05, 0) is 30.9 Å². The van der Waals surface area contributed by atoms with Crippen molar-refractivity contribution in [2.45, 2.75) is 12.8 Å². The zero-order valence-corrected chi connectivity index (χ0v) is 8.36. The fraction of sp³-hybridized carbons (Fsp3) is 0.400. The first-order valence-corrected chi connectivity index (χ1v) is 4.97. The molecule has 5 heteroatoms. The summed E-state index contributed by atoms with van der Waals surface area (Å²) in [7, 11) is 0. The average Bonchev–Trinajstić information content (AvgIpc) is 3.00. The summed E-state index contributed by atoms with van der Waals surface area (Å²) >= 11 is 0. The van der Waals surface area contributed by atoms with E-state index >= 15 is 0 Å². The van der Waals surface area contributed by atoms with Gasteiger partial charge in [0.25, 0.3) is 5.91 Å². The van der Waals surface area contributed by atoms with Gasteiger partial charge in [-0.2, -0.15) is 0 Å². The normalized spacial score (nSPS) is 14.9. The van der Waals surface area contributed by atoms with Crippen molar-refractivity contribution >= 4 is 17.4 Å². The Morgan fingerprint density at radius 1 is 1.53 bits per heavy atom. The van der Waals surface area contributed by atoms with Gasteiger partial charge in [0.1, 0.15) is 11.5 Å². The maximum absolute atomic E-state index is 10.9. The molecule has 0 aromatic carbocycles. The highest BCUT2D eigenvalue weighted by atomic mass is 16.1. The highest BCUT2D eigenvalue weighted by Gasteiger charge is 2.21. The Labute approximate surface area is 87.9 Å². The summed E-state index contributed by atoms with van der Waals surface area (Å²) in [6.45, 7) is 0.861. The summed E-state index contributed by atoms with van der Waals surface area (Å²) < 4.78 is 0. The van der Waals surface area contributed by atoms with Gasteiger partial charge in [-0.25, -0.2) is 4.98 Å². The molecule has 1 amide bonds. The molecule has 1 aliphatic carbocycles. The third-order valence-electron chi connectivity index (χ3n) is 2.43. The molecule has 0 unspecified atom stereocenters. The number of hydrogen-bond acceptors (Lipinski definition) is 4. The van der Waals surface area contributed by atoms with Crippen molar-refractivity contribution in [3.05, 3.63) is 17.8 Å². The number of aromatic nitrogens is 1. The molecule has 1 heterocycles. The van der Waals surface area contributed by atoms with Gasteiger partial charge in [0.2, 0.25) is 0 Å². The lowest BCUT2D eigenvalue weighted by atomic mass is 10.3. The number of rotatable bonds is 4. The van der Waals surface area contributed by atoms with Crippen LogP contribution in [0.15, 0.2) is 12.1 Å². The third kappa shape index (κ3) is 2.37. The van der Waals surface area contributed by atoms with Crippen LogP contribution in [-0.4, -0.2) is 17.4 Å². The number of carbonyl (C=O) groups excluding carboxylic acids is 1. The number of amides is 1. The SMILES string of the molecule is NC(=O)c1ccc(N)c(NCC2CC2)n1. The van der Waals surface area contributed by atoms with Crippen molar-refractivity contribution < 1.29 is 4.79 Å². The van der Waals surface area contributed by atoms with Crippen LogP contribution in [0, 0.1) is 5.92 Å². The van der Waals surface area contributed by atoms with Crippen LogP contribution >= 0.6 is 0 Å². The molecule has 2 rings (SSSR count). The Balaban J connectivity index is 2.12. The van der Waals surface area contributed by atoms with Crippen molar-refractivity contribution in [2.24, 2.45) is 11.7 Å². The van der Waals surface area contributed by atoms with E-state index in [-0.39, 0.29) is 5.69 Å². The largest absolute Gasteiger partial charge is 0.396 e. The Kier molecular flexibility index (Phi) is 2.45. The lowest BCUT2D eigenvalue weighted by Gasteiger charge is -2.08. The van der Waals surface area contributed by atoms with Gasteiger partial charge in [-0.15, -0.1) is 0 Å². The first kappa shape index (κ1) is 9.76. The van der Waals surface area contributed by atoms with Crippen LogP contribution in [0.4, 0.5) is 11.5 Å². The standard InChI is InChI=1S/C10H14N4O/c11-7-3-4-8(9(12)15)14-10(7)13-5-6-1-2-6/h3-4,6H,1-2,5,11H2,(H2,12,15)(H,13,14). The van der Waals surface area contributed by atoms with E-state index in [0.29, 0.717) is 11.5 Å². The molecule has 5 N–H and O–H groups in total. The van der Waals surface area contributed by atoms with Crippen molar-refractivity contribution in [2.75, 3.05) is 17.6 Å². The van der Waals surface area contributed by atoms with Crippen molar-refractivity contribution in [3.8, 4) is 0 Å². The van der Waals surface area contributed by atoms with Crippen LogP contribution in [0.5, 0.6) is 0 Å². The van der Waals surface area contributed by atoms with Crippen LogP contribution in [0.25, 0.3) is 0 Å². The monoisotopic (exact) mass is 206 g/mol. The number of carbonyl (C=O) groups is 1. The number of nitrogen functional groups attached to an aromatic ring is 1. The van der Waals surface area contributed by atoms with E-state index in [1.165, 1.54) is 18.9 Å². The number of hydrogen-bond donors (Lipinski definition) is 3. The zero-order valence-electron chi connectivity index (χ0n) is 8.36. The van der Waals surface area contributed by atoms with Gasteiger partial charge in [-0.3, -0.25) is 4.79 Å². The van der Waals surface area contributed by atoms with Crippen LogP contribution in [0.1, 0.15) is 23.3 Å². The summed E-state index contributed by atoms with van der Waals surface area (Å²) in [5.74, 6) is 0.742. The molecule has 1 fully saturated rings. The van der Waals surface area contributed by atoms with E-state index in [2.05, 4.69) is 10.3 Å². The molecule has 0 atom stereocenters. The smallest absolute Gasteiger partial charge is 0.267 e. The van der Waals surface area contributed by atoms with E-state index < -0.39 is 5.91 Å². The number of anilines is 2. The first-order valence-electron chi connectivity index (χ1n) is 4.97.